The van der Waals surface area contributed by atoms with Crippen LogP contribution in [0.1, 0.15) is 23.6 Å². The van der Waals surface area contributed by atoms with E-state index in [1.165, 1.54) is 12.1 Å². The van der Waals surface area contributed by atoms with Crippen molar-refractivity contribution in [2.45, 2.75) is 19.0 Å². The van der Waals surface area contributed by atoms with E-state index in [1.54, 1.807) is 12.1 Å². The molecule has 22 heavy (non-hydrogen) atoms. The Bertz CT molecular complexity index is 670. The summed E-state index contributed by atoms with van der Waals surface area (Å²) in [5.74, 6) is 1.02. The highest BCUT2D eigenvalue weighted by Gasteiger charge is 2.21. The van der Waals surface area contributed by atoms with Crippen molar-refractivity contribution in [3.63, 3.8) is 0 Å². The standard InChI is InChI=1S/C17H18FN3O/c18-13-7-5-12(6-8-13)11-20-17(19)21-15-9-10-22-16-4-2-1-3-14(15)16/h1-8,15H,9-11H2,(H3,19,20,21). The van der Waals surface area contributed by atoms with E-state index in [-0.39, 0.29) is 11.9 Å². The molecular formula is C17H18FN3O. The van der Waals surface area contributed by atoms with E-state index in [2.05, 4.69) is 10.3 Å². The van der Waals surface area contributed by atoms with E-state index in [0.29, 0.717) is 19.1 Å². The Hall–Kier alpha value is -2.56. The van der Waals surface area contributed by atoms with Crippen LogP contribution in [0.25, 0.3) is 0 Å². The molecule has 0 spiro atoms. The molecular weight excluding hydrogens is 281 g/mol. The van der Waals surface area contributed by atoms with Gasteiger partial charge in [0, 0.05) is 12.0 Å². The molecule has 2 aromatic rings. The van der Waals surface area contributed by atoms with Crippen molar-refractivity contribution < 1.29 is 9.13 Å². The molecule has 3 rings (SSSR count). The van der Waals surface area contributed by atoms with Crippen molar-refractivity contribution in [2.24, 2.45) is 10.7 Å². The van der Waals surface area contributed by atoms with E-state index in [4.69, 9.17) is 10.5 Å². The molecule has 0 saturated heterocycles. The number of hydrogen-bond donors (Lipinski definition) is 2. The highest BCUT2D eigenvalue weighted by atomic mass is 19.1. The lowest BCUT2D eigenvalue weighted by Gasteiger charge is -2.26. The number of halogens is 1. The number of rotatable bonds is 3. The SMILES string of the molecule is NC(=NCc1ccc(F)cc1)NC1CCOc2ccccc21. The third-order valence-electron chi connectivity index (χ3n) is 3.63. The lowest BCUT2D eigenvalue weighted by Crippen LogP contribution is -2.37. The van der Waals surface area contributed by atoms with Crippen molar-refractivity contribution in [1.82, 2.24) is 5.32 Å². The largest absolute Gasteiger partial charge is 0.493 e. The minimum Gasteiger partial charge on any atom is -0.493 e. The number of nitrogens with two attached hydrogens (primary N) is 1. The normalized spacial score (nSPS) is 17.5. The molecule has 0 radical (unpaired) electrons. The van der Waals surface area contributed by atoms with Crippen LogP contribution in [0.5, 0.6) is 5.75 Å². The summed E-state index contributed by atoms with van der Waals surface area (Å²) in [5.41, 5.74) is 7.97. The molecule has 1 aliphatic heterocycles. The molecule has 0 aromatic heterocycles. The molecule has 0 saturated carbocycles. The Morgan fingerprint density at radius 1 is 1.23 bits per heavy atom. The molecule has 0 amide bonds. The number of para-hydroxylation sites is 1. The van der Waals surface area contributed by atoms with Gasteiger partial charge in [0.15, 0.2) is 5.96 Å². The van der Waals surface area contributed by atoms with Gasteiger partial charge in [-0.05, 0) is 23.8 Å². The van der Waals surface area contributed by atoms with Crippen molar-refractivity contribution in [3.8, 4) is 5.75 Å². The van der Waals surface area contributed by atoms with Crippen molar-refractivity contribution in [3.05, 3.63) is 65.5 Å². The van der Waals surface area contributed by atoms with Crippen molar-refractivity contribution in [2.75, 3.05) is 6.61 Å². The number of fused-ring (bicyclic) bond motifs is 1. The molecule has 2 aromatic carbocycles. The van der Waals surface area contributed by atoms with Crippen LogP contribution in [0, 0.1) is 5.82 Å². The van der Waals surface area contributed by atoms with Crippen LogP contribution in [0.4, 0.5) is 4.39 Å². The summed E-state index contributed by atoms with van der Waals surface area (Å²) >= 11 is 0. The fraction of sp³-hybridized carbons (Fsp3) is 0.235. The Morgan fingerprint density at radius 3 is 2.82 bits per heavy atom. The second-order valence-electron chi connectivity index (χ2n) is 5.20. The monoisotopic (exact) mass is 299 g/mol. The van der Waals surface area contributed by atoms with Gasteiger partial charge in [0.1, 0.15) is 11.6 Å². The molecule has 4 nitrogen and oxygen atoms in total. The molecule has 0 fully saturated rings. The molecule has 114 valence electrons. The van der Waals surface area contributed by atoms with Gasteiger partial charge in [-0.15, -0.1) is 0 Å². The average Bonchev–Trinajstić information content (AvgIpc) is 2.55. The number of nitrogens with one attached hydrogen (secondary N) is 1. The minimum absolute atomic E-state index is 0.0990. The summed E-state index contributed by atoms with van der Waals surface area (Å²) in [6.45, 7) is 1.07. The van der Waals surface area contributed by atoms with Gasteiger partial charge in [0.05, 0.1) is 19.2 Å². The number of hydrogen-bond acceptors (Lipinski definition) is 2. The summed E-state index contributed by atoms with van der Waals surface area (Å²) in [6.07, 6.45) is 0.837. The Balaban J connectivity index is 1.65. The molecule has 1 heterocycles. The lowest BCUT2D eigenvalue weighted by atomic mass is 10.0. The fourth-order valence-corrected chi connectivity index (χ4v) is 2.48. The predicted octanol–water partition coefficient (Wildman–Crippen LogP) is 2.75. The zero-order valence-corrected chi connectivity index (χ0v) is 12.1. The van der Waals surface area contributed by atoms with Crippen LogP contribution < -0.4 is 15.8 Å². The van der Waals surface area contributed by atoms with E-state index in [9.17, 15) is 4.39 Å². The topological polar surface area (TPSA) is 59.6 Å². The smallest absolute Gasteiger partial charge is 0.189 e. The Labute approximate surface area is 128 Å². The van der Waals surface area contributed by atoms with E-state index >= 15 is 0 Å². The first kappa shape index (κ1) is 14.4. The molecule has 1 unspecified atom stereocenters. The van der Waals surface area contributed by atoms with E-state index < -0.39 is 0 Å². The number of guanidine groups is 1. The van der Waals surface area contributed by atoms with Gasteiger partial charge >= 0.3 is 0 Å². The first-order valence-corrected chi connectivity index (χ1v) is 7.25. The maximum atomic E-state index is 12.9. The molecule has 0 bridgehead atoms. The van der Waals surface area contributed by atoms with Gasteiger partial charge < -0.3 is 15.8 Å². The Kier molecular flexibility index (Phi) is 4.23. The zero-order valence-electron chi connectivity index (χ0n) is 12.1. The first-order chi connectivity index (χ1) is 10.7. The van der Waals surface area contributed by atoms with Gasteiger partial charge in [-0.2, -0.15) is 0 Å². The van der Waals surface area contributed by atoms with E-state index in [0.717, 1.165) is 23.3 Å². The molecule has 1 aliphatic rings. The highest BCUT2D eigenvalue weighted by molar-refractivity contribution is 5.78. The van der Waals surface area contributed by atoms with Gasteiger partial charge in [-0.3, -0.25) is 0 Å². The predicted molar refractivity (Wildman–Crippen MR) is 84.2 cm³/mol. The third kappa shape index (κ3) is 3.36. The average molecular weight is 299 g/mol. The van der Waals surface area contributed by atoms with Crippen molar-refractivity contribution in [1.29, 1.82) is 0 Å². The van der Waals surface area contributed by atoms with Gasteiger partial charge in [-0.1, -0.05) is 30.3 Å². The second-order valence-corrected chi connectivity index (χ2v) is 5.20. The van der Waals surface area contributed by atoms with Gasteiger partial charge in [-0.25, -0.2) is 9.38 Å². The summed E-state index contributed by atoms with van der Waals surface area (Å²) < 4.78 is 18.5. The summed E-state index contributed by atoms with van der Waals surface area (Å²) in [5, 5.41) is 3.23. The number of aliphatic imine (C=N–C) groups is 1. The van der Waals surface area contributed by atoms with Crippen LogP contribution in [-0.4, -0.2) is 12.6 Å². The fourth-order valence-electron chi connectivity index (χ4n) is 2.48. The maximum absolute atomic E-state index is 12.9. The van der Waals surface area contributed by atoms with Crippen LogP contribution in [0.3, 0.4) is 0 Å². The summed E-state index contributed by atoms with van der Waals surface area (Å²) in [4.78, 5) is 4.31. The second kappa shape index (κ2) is 6.47. The summed E-state index contributed by atoms with van der Waals surface area (Å²) in [7, 11) is 0. The Morgan fingerprint density at radius 2 is 2.00 bits per heavy atom. The maximum Gasteiger partial charge on any atom is 0.189 e. The molecule has 1 atom stereocenters. The van der Waals surface area contributed by atoms with Crippen LogP contribution in [-0.2, 0) is 6.54 Å². The minimum atomic E-state index is -0.252. The third-order valence-corrected chi connectivity index (χ3v) is 3.63. The van der Waals surface area contributed by atoms with Gasteiger partial charge in [0.2, 0.25) is 0 Å². The van der Waals surface area contributed by atoms with Crippen LogP contribution in [0.15, 0.2) is 53.5 Å². The van der Waals surface area contributed by atoms with Crippen molar-refractivity contribution >= 4 is 5.96 Å². The quantitative estimate of drug-likeness (QED) is 0.677. The van der Waals surface area contributed by atoms with Crippen LogP contribution in [0.2, 0.25) is 0 Å². The lowest BCUT2D eigenvalue weighted by molar-refractivity contribution is 0.262. The molecule has 0 aliphatic carbocycles. The molecule has 5 heteroatoms. The highest BCUT2D eigenvalue weighted by Crippen LogP contribution is 2.31. The van der Waals surface area contributed by atoms with E-state index in [1.807, 2.05) is 24.3 Å². The summed E-state index contributed by atoms with van der Waals surface area (Å²) in [6, 6.07) is 14.3. The number of ether oxygens (including phenoxy) is 1. The van der Waals surface area contributed by atoms with Crippen LogP contribution >= 0.6 is 0 Å². The number of benzene rings is 2. The zero-order chi connectivity index (χ0) is 15.4. The van der Waals surface area contributed by atoms with Gasteiger partial charge in [0.25, 0.3) is 0 Å². The molecule has 3 N–H and O–H groups in total. The number of nitrogens with zero attached hydrogens (tertiary/aromatic N) is 1. The first-order valence-electron chi connectivity index (χ1n) is 7.25.